The van der Waals surface area contributed by atoms with Crippen LogP contribution >= 0.6 is 11.6 Å². The number of hydrogen-bond donors (Lipinski definition) is 1. The molecule has 6 nitrogen and oxygen atoms in total. The van der Waals surface area contributed by atoms with Crippen molar-refractivity contribution in [1.82, 2.24) is 10.2 Å². The van der Waals surface area contributed by atoms with Crippen molar-refractivity contribution >= 4 is 29.1 Å². The van der Waals surface area contributed by atoms with Gasteiger partial charge in [-0.2, -0.15) is 0 Å². The molecule has 0 unspecified atom stereocenters. The van der Waals surface area contributed by atoms with E-state index in [0.717, 1.165) is 24.5 Å². The summed E-state index contributed by atoms with van der Waals surface area (Å²) in [5, 5.41) is 3.15. The van der Waals surface area contributed by atoms with Gasteiger partial charge in [0.1, 0.15) is 5.75 Å². The number of rotatable bonds is 5. The van der Waals surface area contributed by atoms with E-state index in [0.29, 0.717) is 23.7 Å². The minimum atomic E-state index is -0.305. The average Bonchev–Trinajstić information content (AvgIpc) is 2.72. The van der Waals surface area contributed by atoms with Gasteiger partial charge in [0, 0.05) is 48.5 Å². The zero-order chi connectivity index (χ0) is 19.2. The van der Waals surface area contributed by atoms with Crippen LogP contribution in [0.25, 0.3) is 0 Å². The fourth-order valence-corrected chi connectivity index (χ4v) is 3.21. The molecule has 1 aliphatic heterocycles. The van der Waals surface area contributed by atoms with Crippen LogP contribution in [0.2, 0.25) is 5.02 Å². The fraction of sp³-hybridized carbons (Fsp3) is 0.300. The van der Waals surface area contributed by atoms with Crippen molar-refractivity contribution in [3.8, 4) is 5.75 Å². The van der Waals surface area contributed by atoms with Gasteiger partial charge in [0.25, 0.3) is 5.91 Å². The van der Waals surface area contributed by atoms with Crippen molar-refractivity contribution in [2.45, 2.75) is 0 Å². The Labute approximate surface area is 163 Å². The highest BCUT2D eigenvalue weighted by Crippen LogP contribution is 2.22. The molecule has 1 heterocycles. The third-order valence-electron chi connectivity index (χ3n) is 4.54. The maximum absolute atomic E-state index is 12.4. The van der Waals surface area contributed by atoms with Gasteiger partial charge in [0.15, 0.2) is 0 Å². The van der Waals surface area contributed by atoms with Crippen LogP contribution in [0.1, 0.15) is 10.4 Å². The van der Waals surface area contributed by atoms with Crippen molar-refractivity contribution in [2.75, 3.05) is 44.7 Å². The number of anilines is 1. The van der Waals surface area contributed by atoms with Gasteiger partial charge >= 0.3 is 0 Å². The number of halogens is 1. The third-order valence-corrected chi connectivity index (χ3v) is 4.77. The number of amides is 2. The lowest BCUT2D eigenvalue weighted by Crippen LogP contribution is -2.51. The van der Waals surface area contributed by atoms with Gasteiger partial charge in [0.2, 0.25) is 5.91 Å². The van der Waals surface area contributed by atoms with Crippen LogP contribution in [0.5, 0.6) is 5.75 Å². The molecule has 142 valence electrons. The minimum Gasteiger partial charge on any atom is -0.497 e. The Hall–Kier alpha value is -2.73. The number of hydrogen-bond acceptors (Lipinski definition) is 4. The van der Waals surface area contributed by atoms with Gasteiger partial charge in [-0.25, -0.2) is 0 Å². The number of ether oxygens (including phenoxy) is 1. The summed E-state index contributed by atoms with van der Waals surface area (Å²) in [6.45, 7) is 2.68. The molecular formula is C20H22ClN3O3. The highest BCUT2D eigenvalue weighted by atomic mass is 35.5. The number of benzene rings is 2. The molecule has 0 bridgehead atoms. The first kappa shape index (κ1) is 19.0. The van der Waals surface area contributed by atoms with E-state index < -0.39 is 0 Å². The lowest BCUT2D eigenvalue weighted by atomic mass is 10.2. The molecule has 0 aliphatic carbocycles. The molecule has 1 fully saturated rings. The van der Waals surface area contributed by atoms with Crippen LogP contribution in [0.3, 0.4) is 0 Å². The summed E-state index contributed by atoms with van der Waals surface area (Å²) >= 11 is 5.89. The summed E-state index contributed by atoms with van der Waals surface area (Å²) in [5.41, 5.74) is 1.52. The van der Waals surface area contributed by atoms with Gasteiger partial charge in [0.05, 0.1) is 13.7 Å². The number of nitrogens with one attached hydrogen (secondary N) is 1. The van der Waals surface area contributed by atoms with Gasteiger partial charge in [-0.3, -0.25) is 9.59 Å². The summed E-state index contributed by atoms with van der Waals surface area (Å²) in [4.78, 5) is 28.5. The molecule has 0 spiro atoms. The molecule has 0 radical (unpaired) electrons. The Morgan fingerprint density at radius 3 is 2.52 bits per heavy atom. The second kappa shape index (κ2) is 8.77. The number of carbonyl (C=O) groups excluding carboxylic acids is 2. The smallest absolute Gasteiger partial charge is 0.251 e. The SMILES string of the molecule is COc1cccc(N2CCN(C(=O)CNC(=O)c3cccc(Cl)c3)CC2)c1. The molecule has 2 amide bonds. The second-order valence-corrected chi connectivity index (χ2v) is 6.70. The van der Waals surface area contributed by atoms with Crippen LogP contribution in [0.4, 0.5) is 5.69 Å². The van der Waals surface area contributed by atoms with Crippen molar-refractivity contribution < 1.29 is 14.3 Å². The molecule has 0 aromatic heterocycles. The Bertz CT molecular complexity index is 820. The monoisotopic (exact) mass is 387 g/mol. The maximum atomic E-state index is 12.4. The molecule has 0 saturated carbocycles. The zero-order valence-electron chi connectivity index (χ0n) is 15.2. The Balaban J connectivity index is 1.49. The standard InChI is InChI=1S/C20H22ClN3O3/c1-27-18-7-3-6-17(13-18)23-8-10-24(11-9-23)19(25)14-22-20(26)15-4-2-5-16(21)12-15/h2-7,12-13H,8-11,14H2,1H3,(H,22,26). The van der Waals surface area contributed by atoms with Crippen LogP contribution in [-0.4, -0.2) is 56.5 Å². The molecule has 1 saturated heterocycles. The Kier molecular flexibility index (Phi) is 6.19. The first-order valence-corrected chi connectivity index (χ1v) is 9.15. The molecule has 1 N–H and O–H groups in total. The summed E-state index contributed by atoms with van der Waals surface area (Å²) < 4.78 is 5.26. The highest BCUT2D eigenvalue weighted by Gasteiger charge is 2.22. The van der Waals surface area contributed by atoms with E-state index in [1.807, 2.05) is 24.3 Å². The molecular weight excluding hydrogens is 366 g/mol. The first-order chi connectivity index (χ1) is 13.1. The van der Waals surface area contributed by atoms with E-state index in [1.54, 1.807) is 36.3 Å². The number of piperazine rings is 1. The van der Waals surface area contributed by atoms with Crippen LogP contribution in [0.15, 0.2) is 48.5 Å². The predicted octanol–water partition coefficient (Wildman–Crippen LogP) is 2.43. The number of methoxy groups -OCH3 is 1. The Morgan fingerprint density at radius 1 is 1.07 bits per heavy atom. The van der Waals surface area contributed by atoms with Gasteiger partial charge in [-0.1, -0.05) is 23.7 Å². The molecule has 2 aromatic rings. The number of carbonyl (C=O) groups is 2. The molecule has 7 heteroatoms. The van der Waals surface area contributed by atoms with Crippen molar-refractivity contribution in [2.24, 2.45) is 0 Å². The van der Waals surface area contributed by atoms with Crippen molar-refractivity contribution in [1.29, 1.82) is 0 Å². The van der Waals surface area contributed by atoms with E-state index in [1.165, 1.54) is 0 Å². The lowest BCUT2D eigenvalue weighted by Gasteiger charge is -2.36. The van der Waals surface area contributed by atoms with Crippen molar-refractivity contribution in [3.63, 3.8) is 0 Å². The lowest BCUT2D eigenvalue weighted by molar-refractivity contribution is -0.130. The van der Waals surface area contributed by atoms with Gasteiger partial charge in [-0.05, 0) is 30.3 Å². The van der Waals surface area contributed by atoms with Crippen LogP contribution < -0.4 is 15.0 Å². The highest BCUT2D eigenvalue weighted by molar-refractivity contribution is 6.30. The predicted molar refractivity (Wildman–Crippen MR) is 106 cm³/mol. The van der Waals surface area contributed by atoms with Gasteiger partial charge in [-0.15, -0.1) is 0 Å². The summed E-state index contributed by atoms with van der Waals surface area (Å²) in [6.07, 6.45) is 0. The second-order valence-electron chi connectivity index (χ2n) is 6.26. The minimum absolute atomic E-state index is 0.0233. The maximum Gasteiger partial charge on any atom is 0.251 e. The summed E-state index contributed by atoms with van der Waals surface area (Å²) in [7, 11) is 1.65. The molecule has 27 heavy (non-hydrogen) atoms. The van der Waals surface area contributed by atoms with Crippen molar-refractivity contribution in [3.05, 3.63) is 59.1 Å². The van der Waals surface area contributed by atoms with Crippen LogP contribution in [-0.2, 0) is 4.79 Å². The molecule has 1 aliphatic rings. The van der Waals surface area contributed by atoms with E-state index in [4.69, 9.17) is 16.3 Å². The van der Waals surface area contributed by atoms with E-state index in [9.17, 15) is 9.59 Å². The first-order valence-electron chi connectivity index (χ1n) is 8.77. The summed E-state index contributed by atoms with van der Waals surface area (Å²) in [5.74, 6) is 0.422. The number of nitrogens with zero attached hydrogens (tertiary/aromatic N) is 2. The van der Waals surface area contributed by atoms with E-state index >= 15 is 0 Å². The third kappa shape index (κ3) is 4.92. The zero-order valence-corrected chi connectivity index (χ0v) is 15.9. The molecule has 0 atom stereocenters. The topological polar surface area (TPSA) is 61.9 Å². The average molecular weight is 388 g/mol. The van der Waals surface area contributed by atoms with Gasteiger partial charge < -0.3 is 19.9 Å². The van der Waals surface area contributed by atoms with E-state index in [2.05, 4.69) is 10.2 Å². The summed E-state index contributed by atoms with van der Waals surface area (Å²) in [6, 6.07) is 14.5. The van der Waals surface area contributed by atoms with Crippen LogP contribution in [0, 0.1) is 0 Å². The Morgan fingerprint density at radius 2 is 1.81 bits per heavy atom. The quantitative estimate of drug-likeness (QED) is 0.856. The fourth-order valence-electron chi connectivity index (χ4n) is 3.02. The normalized spacial score (nSPS) is 14.0. The molecule has 3 rings (SSSR count). The van der Waals surface area contributed by atoms with E-state index in [-0.39, 0.29) is 18.4 Å². The largest absolute Gasteiger partial charge is 0.497 e. The molecule has 2 aromatic carbocycles.